The summed E-state index contributed by atoms with van der Waals surface area (Å²) in [5.41, 5.74) is 2.06. The molecule has 1 aromatic heterocycles. The Balaban J connectivity index is 1.56. The fraction of sp³-hybridized carbons (Fsp3) is 0.0909. The number of methoxy groups -OCH3 is 1. The van der Waals surface area contributed by atoms with E-state index in [9.17, 15) is 14.4 Å². The molecular formula is C22H19N3O4S. The van der Waals surface area contributed by atoms with E-state index >= 15 is 0 Å². The van der Waals surface area contributed by atoms with Gasteiger partial charge in [-0.3, -0.25) is 14.9 Å². The highest BCUT2D eigenvalue weighted by atomic mass is 32.1. The lowest BCUT2D eigenvalue weighted by Crippen LogP contribution is -2.17. The molecule has 1 heterocycles. The zero-order chi connectivity index (χ0) is 21.3. The summed E-state index contributed by atoms with van der Waals surface area (Å²) in [4.78, 5) is 40.4. The highest BCUT2D eigenvalue weighted by Gasteiger charge is 2.14. The summed E-state index contributed by atoms with van der Waals surface area (Å²) in [6, 6.07) is 16.0. The first-order chi connectivity index (χ1) is 14.5. The van der Waals surface area contributed by atoms with E-state index < -0.39 is 5.97 Å². The van der Waals surface area contributed by atoms with E-state index in [2.05, 4.69) is 15.6 Å². The molecule has 8 heteroatoms. The van der Waals surface area contributed by atoms with Crippen LogP contribution >= 0.6 is 11.3 Å². The summed E-state index contributed by atoms with van der Waals surface area (Å²) in [6.45, 7) is 0. The number of esters is 1. The maximum Gasteiger partial charge on any atom is 0.339 e. The van der Waals surface area contributed by atoms with Gasteiger partial charge >= 0.3 is 5.97 Å². The molecule has 3 rings (SSSR count). The van der Waals surface area contributed by atoms with Gasteiger partial charge in [-0.2, -0.15) is 0 Å². The van der Waals surface area contributed by atoms with Crippen molar-refractivity contribution in [2.24, 2.45) is 0 Å². The Bertz CT molecular complexity index is 1080. The van der Waals surface area contributed by atoms with Crippen LogP contribution in [0.5, 0.6) is 0 Å². The number of ether oxygens (including phenoxy) is 1. The van der Waals surface area contributed by atoms with Gasteiger partial charge in [0.25, 0.3) is 0 Å². The maximum absolute atomic E-state index is 12.3. The van der Waals surface area contributed by atoms with Crippen molar-refractivity contribution in [2.75, 3.05) is 17.7 Å². The molecule has 3 aromatic rings. The van der Waals surface area contributed by atoms with Crippen molar-refractivity contribution in [1.29, 1.82) is 0 Å². The van der Waals surface area contributed by atoms with Crippen LogP contribution in [0.4, 0.5) is 10.8 Å². The Morgan fingerprint density at radius 2 is 1.77 bits per heavy atom. The van der Waals surface area contributed by atoms with Crippen LogP contribution in [0, 0.1) is 0 Å². The van der Waals surface area contributed by atoms with Crippen LogP contribution < -0.4 is 10.6 Å². The number of rotatable bonds is 7. The highest BCUT2D eigenvalue weighted by molar-refractivity contribution is 7.14. The van der Waals surface area contributed by atoms with E-state index in [1.807, 2.05) is 30.3 Å². The fourth-order valence-corrected chi connectivity index (χ4v) is 3.28. The van der Waals surface area contributed by atoms with Gasteiger partial charge in [0.15, 0.2) is 5.13 Å². The first kappa shape index (κ1) is 20.9. The summed E-state index contributed by atoms with van der Waals surface area (Å²) >= 11 is 1.23. The van der Waals surface area contributed by atoms with Gasteiger partial charge in [-0.1, -0.05) is 42.5 Å². The normalized spacial score (nSPS) is 10.6. The lowest BCUT2D eigenvalue weighted by molar-refractivity contribution is -0.115. The molecule has 0 aliphatic rings. The van der Waals surface area contributed by atoms with Crippen LogP contribution in [0.15, 0.2) is 66.1 Å². The predicted octanol–water partition coefficient (Wildman–Crippen LogP) is 3.76. The number of nitrogens with zero attached hydrogens (tertiary/aromatic N) is 1. The fourth-order valence-electron chi connectivity index (χ4n) is 2.57. The van der Waals surface area contributed by atoms with Gasteiger partial charge in [-0.15, -0.1) is 11.3 Å². The smallest absolute Gasteiger partial charge is 0.339 e. The Kier molecular flexibility index (Phi) is 7.07. The maximum atomic E-state index is 12.3. The van der Waals surface area contributed by atoms with Crippen LogP contribution in [0.25, 0.3) is 6.08 Å². The Morgan fingerprint density at radius 1 is 1.03 bits per heavy atom. The van der Waals surface area contributed by atoms with Gasteiger partial charge in [0.05, 0.1) is 30.5 Å². The number of carbonyl (C=O) groups excluding carboxylic acids is 3. The van der Waals surface area contributed by atoms with E-state index in [1.54, 1.807) is 35.7 Å². The SMILES string of the molecule is COC(=O)c1ccccc1NC(=O)Cc1csc(NC(=O)/C=C/c2ccccc2)n1. The minimum absolute atomic E-state index is 0.00172. The number of hydrogen-bond donors (Lipinski definition) is 2. The Labute approximate surface area is 177 Å². The molecule has 0 atom stereocenters. The third kappa shape index (κ3) is 5.86. The van der Waals surface area contributed by atoms with E-state index in [-0.39, 0.29) is 23.8 Å². The Morgan fingerprint density at radius 3 is 2.53 bits per heavy atom. The highest BCUT2D eigenvalue weighted by Crippen LogP contribution is 2.19. The van der Waals surface area contributed by atoms with Gasteiger partial charge in [-0.05, 0) is 23.8 Å². The molecule has 0 radical (unpaired) electrons. The molecule has 30 heavy (non-hydrogen) atoms. The zero-order valence-electron chi connectivity index (χ0n) is 16.1. The van der Waals surface area contributed by atoms with Crippen molar-refractivity contribution in [3.05, 3.63) is 82.9 Å². The minimum atomic E-state index is -0.534. The van der Waals surface area contributed by atoms with Gasteiger partial charge < -0.3 is 10.1 Å². The molecule has 2 amide bonds. The largest absolute Gasteiger partial charge is 0.465 e. The van der Waals surface area contributed by atoms with Crippen molar-refractivity contribution in [1.82, 2.24) is 4.98 Å². The monoisotopic (exact) mass is 421 g/mol. The van der Waals surface area contributed by atoms with Crippen LogP contribution in [-0.4, -0.2) is 29.9 Å². The molecule has 152 valence electrons. The number of nitrogens with one attached hydrogen (secondary N) is 2. The predicted molar refractivity (Wildman–Crippen MR) is 116 cm³/mol. The number of para-hydroxylation sites is 1. The average Bonchev–Trinajstić information content (AvgIpc) is 3.19. The third-order valence-corrected chi connectivity index (χ3v) is 4.76. The van der Waals surface area contributed by atoms with E-state index in [0.29, 0.717) is 16.5 Å². The topological polar surface area (TPSA) is 97.4 Å². The molecule has 0 spiro atoms. The van der Waals surface area contributed by atoms with Crippen molar-refractivity contribution in [3.8, 4) is 0 Å². The minimum Gasteiger partial charge on any atom is -0.465 e. The molecule has 0 aliphatic heterocycles. The molecule has 2 N–H and O–H groups in total. The van der Waals surface area contributed by atoms with Crippen LogP contribution in [0.2, 0.25) is 0 Å². The first-order valence-corrected chi connectivity index (χ1v) is 9.89. The number of carbonyl (C=O) groups is 3. The van der Waals surface area contributed by atoms with Crippen LogP contribution in [0.3, 0.4) is 0 Å². The van der Waals surface area contributed by atoms with E-state index in [4.69, 9.17) is 4.74 Å². The lowest BCUT2D eigenvalue weighted by Gasteiger charge is -2.08. The average molecular weight is 421 g/mol. The van der Waals surface area contributed by atoms with Gasteiger partial charge in [0.2, 0.25) is 11.8 Å². The summed E-state index contributed by atoms with van der Waals surface area (Å²) in [5, 5.41) is 7.46. The number of aromatic nitrogens is 1. The molecule has 0 saturated heterocycles. The van der Waals surface area contributed by atoms with Crippen molar-refractivity contribution in [3.63, 3.8) is 0 Å². The molecule has 0 unspecified atom stereocenters. The number of anilines is 2. The van der Waals surface area contributed by atoms with E-state index in [1.165, 1.54) is 24.5 Å². The van der Waals surface area contributed by atoms with Gasteiger partial charge in [0.1, 0.15) is 0 Å². The third-order valence-electron chi connectivity index (χ3n) is 3.96. The van der Waals surface area contributed by atoms with Crippen molar-refractivity contribution in [2.45, 2.75) is 6.42 Å². The summed E-state index contributed by atoms with van der Waals surface area (Å²) in [6.07, 6.45) is 3.13. The van der Waals surface area contributed by atoms with Gasteiger partial charge in [-0.25, -0.2) is 9.78 Å². The second-order valence-corrected chi connectivity index (χ2v) is 7.00. The quantitative estimate of drug-likeness (QED) is 0.447. The van der Waals surface area contributed by atoms with Crippen LogP contribution in [-0.2, 0) is 20.7 Å². The van der Waals surface area contributed by atoms with Gasteiger partial charge in [0, 0.05) is 11.5 Å². The molecule has 2 aromatic carbocycles. The summed E-state index contributed by atoms with van der Waals surface area (Å²) < 4.78 is 4.72. The summed E-state index contributed by atoms with van der Waals surface area (Å²) in [5.74, 6) is -1.18. The van der Waals surface area contributed by atoms with Crippen molar-refractivity contribution >= 4 is 46.0 Å². The Hall–Kier alpha value is -3.78. The number of benzene rings is 2. The summed E-state index contributed by atoms with van der Waals surface area (Å²) in [7, 11) is 1.28. The van der Waals surface area contributed by atoms with Crippen LogP contribution in [0.1, 0.15) is 21.6 Å². The molecule has 0 aliphatic carbocycles. The molecule has 0 saturated carbocycles. The van der Waals surface area contributed by atoms with E-state index in [0.717, 1.165) is 5.56 Å². The number of hydrogen-bond acceptors (Lipinski definition) is 6. The number of amides is 2. The lowest BCUT2D eigenvalue weighted by atomic mass is 10.1. The molecule has 0 fully saturated rings. The first-order valence-electron chi connectivity index (χ1n) is 9.01. The molecule has 0 bridgehead atoms. The molecular weight excluding hydrogens is 402 g/mol. The van der Waals surface area contributed by atoms with Crippen molar-refractivity contribution < 1.29 is 19.1 Å². The molecule has 7 nitrogen and oxygen atoms in total. The second kappa shape index (κ2) is 10.1. The second-order valence-electron chi connectivity index (χ2n) is 6.14. The zero-order valence-corrected chi connectivity index (χ0v) is 16.9. The standard InChI is InChI=1S/C22H19N3O4S/c1-29-21(28)17-9-5-6-10-18(17)24-20(27)13-16-14-30-22(23-16)25-19(26)12-11-15-7-3-2-4-8-15/h2-12,14H,13H2,1H3,(H,24,27)(H,23,25,26)/b12-11+. The number of thiazole rings is 1.